The molecule has 8 heteroatoms. The van der Waals surface area contributed by atoms with Crippen LogP contribution < -0.4 is 10.6 Å². The van der Waals surface area contributed by atoms with Crippen molar-refractivity contribution in [3.05, 3.63) is 0 Å². The number of piperidine rings is 1. The van der Waals surface area contributed by atoms with E-state index in [4.69, 9.17) is 9.47 Å². The number of halogens is 1. The van der Waals surface area contributed by atoms with E-state index in [2.05, 4.69) is 20.5 Å². The molecule has 1 aliphatic rings. The zero-order valence-electron chi connectivity index (χ0n) is 16.3. The normalized spacial score (nSPS) is 16.4. The second-order valence-electron chi connectivity index (χ2n) is 7.10. The first kappa shape index (κ1) is 24.4. The minimum atomic E-state index is -0.221. The van der Waals surface area contributed by atoms with Crippen molar-refractivity contribution in [3.8, 4) is 0 Å². The number of carbonyl (C=O) groups is 1. The Morgan fingerprint density at radius 3 is 2.40 bits per heavy atom. The molecular weight excluding hydrogens is 435 g/mol. The highest BCUT2D eigenvalue weighted by atomic mass is 127. The molecule has 1 heterocycles. The van der Waals surface area contributed by atoms with Crippen molar-refractivity contribution in [3.63, 3.8) is 0 Å². The van der Waals surface area contributed by atoms with Gasteiger partial charge in [0.15, 0.2) is 5.96 Å². The van der Waals surface area contributed by atoms with Gasteiger partial charge in [-0.15, -0.1) is 24.0 Å². The molecule has 2 N–H and O–H groups in total. The van der Waals surface area contributed by atoms with Gasteiger partial charge in [-0.2, -0.15) is 0 Å². The monoisotopic (exact) mass is 470 g/mol. The number of rotatable bonds is 7. The molecule has 1 aliphatic heterocycles. The number of amides is 1. The van der Waals surface area contributed by atoms with Crippen LogP contribution in [0.4, 0.5) is 0 Å². The summed E-state index contributed by atoms with van der Waals surface area (Å²) in [7, 11) is 3.45. The van der Waals surface area contributed by atoms with E-state index in [1.807, 2.05) is 20.8 Å². The van der Waals surface area contributed by atoms with Gasteiger partial charge in [0.1, 0.15) is 0 Å². The van der Waals surface area contributed by atoms with E-state index in [1.165, 1.54) is 0 Å². The number of ether oxygens (including phenoxy) is 2. The van der Waals surface area contributed by atoms with E-state index in [9.17, 15) is 4.79 Å². The third-order valence-electron chi connectivity index (χ3n) is 3.72. The molecule has 0 aliphatic carbocycles. The quantitative estimate of drug-likeness (QED) is 0.256. The Balaban J connectivity index is 0.00000576. The summed E-state index contributed by atoms with van der Waals surface area (Å²) in [5.74, 6) is 0.747. The van der Waals surface area contributed by atoms with Gasteiger partial charge >= 0.3 is 0 Å². The number of nitrogens with zero attached hydrogens (tertiary/aromatic N) is 2. The zero-order chi connectivity index (χ0) is 18.0. The third kappa shape index (κ3) is 10.9. The lowest BCUT2D eigenvalue weighted by atomic mass is 10.1. The first-order valence-corrected chi connectivity index (χ1v) is 8.73. The van der Waals surface area contributed by atoms with Crippen molar-refractivity contribution >= 4 is 35.8 Å². The van der Waals surface area contributed by atoms with Gasteiger partial charge < -0.3 is 25.0 Å². The summed E-state index contributed by atoms with van der Waals surface area (Å²) in [6.07, 6.45) is 3.19. The molecule has 148 valence electrons. The van der Waals surface area contributed by atoms with Crippen molar-refractivity contribution in [2.24, 2.45) is 4.99 Å². The number of guanidine groups is 1. The van der Waals surface area contributed by atoms with Crippen molar-refractivity contribution in [1.29, 1.82) is 0 Å². The van der Waals surface area contributed by atoms with Crippen LogP contribution in [0.25, 0.3) is 0 Å². The van der Waals surface area contributed by atoms with Gasteiger partial charge in [0.2, 0.25) is 5.91 Å². The Morgan fingerprint density at radius 2 is 1.88 bits per heavy atom. The van der Waals surface area contributed by atoms with E-state index in [0.717, 1.165) is 51.5 Å². The SMILES string of the molecule is CN=C(NCC(=O)NC(C)(C)C)N1CCC(OCCCOC)CC1.I. The topological polar surface area (TPSA) is 75.2 Å². The highest BCUT2D eigenvalue weighted by Gasteiger charge is 2.22. The van der Waals surface area contributed by atoms with E-state index in [1.54, 1.807) is 14.2 Å². The molecule has 25 heavy (non-hydrogen) atoms. The smallest absolute Gasteiger partial charge is 0.239 e. The number of hydrogen-bond donors (Lipinski definition) is 2. The van der Waals surface area contributed by atoms with Gasteiger partial charge in [-0.05, 0) is 40.0 Å². The average molecular weight is 470 g/mol. The molecule has 0 unspecified atom stereocenters. The van der Waals surface area contributed by atoms with Gasteiger partial charge in [0, 0.05) is 46.0 Å². The first-order valence-electron chi connectivity index (χ1n) is 8.73. The van der Waals surface area contributed by atoms with Crippen LogP contribution in [0.3, 0.4) is 0 Å². The lowest BCUT2D eigenvalue weighted by molar-refractivity contribution is -0.121. The van der Waals surface area contributed by atoms with Gasteiger partial charge in [-0.1, -0.05) is 0 Å². The van der Waals surface area contributed by atoms with Crippen LogP contribution in [0.5, 0.6) is 0 Å². The Kier molecular flexibility index (Phi) is 12.4. The summed E-state index contributed by atoms with van der Waals surface area (Å²) in [4.78, 5) is 18.4. The molecule has 0 aromatic rings. The van der Waals surface area contributed by atoms with Crippen LogP contribution >= 0.6 is 24.0 Å². The molecule has 1 saturated heterocycles. The van der Waals surface area contributed by atoms with Crippen molar-refractivity contribution in [1.82, 2.24) is 15.5 Å². The molecule has 0 spiro atoms. The molecule has 0 aromatic carbocycles. The molecule has 1 rings (SSSR count). The van der Waals surface area contributed by atoms with Gasteiger partial charge in [0.25, 0.3) is 0 Å². The molecule has 0 atom stereocenters. The number of hydrogen-bond acceptors (Lipinski definition) is 4. The van der Waals surface area contributed by atoms with E-state index in [-0.39, 0.29) is 42.0 Å². The fraction of sp³-hybridized carbons (Fsp3) is 0.882. The van der Waals surface area contributed by atoms with Crippen molar-refractivity contribution < 1.29 is 14.3 Å². The Bertz CT molecular complexity index is 405. The van der Waals surface area contributed by atoms with Gasteiger partial charge in [-0.3, -0.25) is 9.79 Å². The second kappa shape index (κ2) is 12.7. The molecule has 0 aromatic heterocycles. The van der Waals surface area contributed by atoms with E-state index >= 15 is 0 Å². The van der Waals surface area contributed by atoms with E-state index in [0.29, 0.717) is 6.10 Å². The van der Waals surface area contributed by atoms with Crippen molar-refractivity contribution in [2.45, 2.75) is 51.7 Å². The summed E-state index contributed by atoms with van der Waals surface area (Å²) in [5, 5.41) is 6.08. The van der Waals surface area contributed by atoms with E-state index < -0.39 is 0 Å². The lowest BCUT2D eigenvalue weighted by Gasteiger charge is -2.34. The number of methoxy groups -OCH3 is 1. The lowest BCUT2D eigenvalue weighted by Crippen LogP contribution is -2.51. The van der Waals surface area contributed by atoms with Crippen LogP contribution in [-0.2, 0) is 14.3 Å². The summed E-state index contributed by atoms with van der Waals surface area (Å²) in [6.45, 7) is 9.40. The van der Waals surface area contributed by atoms with Crippen LogP contribution in [0.1, 0.15) is 40.0 Å². The number of carbonyl (C=O) groups excluding carboxylic acids is 1. The third-order valence-corrected chi connectivity index (χ3v) is 3.72. The number of nitrogens with one attached hydrogen (secondary N) is 2. The number of likely N-dealkylation sites (tertiary alicyclic amines) is 1. The summed E-state index contributed by atoms with van der Waals surface area (Å²) in [6, 6.07) is 0. The molecule has 0 saturated carbocycles. The standard InChI is InChI=1S/C17H34N4O3.HI/c1-17(2,3)20-15(22)13-19-16(18-4)21-9-7-14(8-10-21)24-12-6-11-23-5;/h14H,6-13H2,1-5H3,(H,18,19)(H,20,22);1H. The minimum Gasteiger partial charge on any atom is -0.385 e. The van der Waals surface area contributed by atoms with Gasteiger partial charge in [0.05, 0.1) is 12.6 Å². The first-order chi connectivity index (χ1) is 11.4. The van der Waals surface area contributed by atoms with Crippen LogP contribution in [0.2, 0.25) is 0 Å². The van der Waals surface area contributed by atoms with Crippen LogP contribution in [-0.4, -0.2) is 75.4 Å². The second-order valence-corrected chi connectivity index (χ2v) is 7.10. The predicted octanol–water partition coefficient (Wildman–Crippen LogP) is 1.61. The van der Waals surface area contributed by atoms with Gasteiger partial charge in [-0.25, -0.2) is 0 Å². The largest absolute Gasteiger partial charge is 0.385 e. The maximum Gasteiger partial charge on any atom is 0.239 e. The van der Waals surface area contributed by atoms with Crippen LogP contribution in [0, 0.1) is 0 Å². The summed E-state index contributed by atoms with van der Waals surface area (Å²) >= 11 is 0. The Morgan fingerprint density at radius 1 is 1.24 bits per heavy atom. The molecule has 1 amide bonds. The molecule has 0 radical (unpaired) electrons. The molecule has 0 bridgehead atoms. The summed E-state index contributed by atoms with van der Waals surface area (Å²) < 4.78 is 10.9. The maximum atomic E-state index is 11.9. The number of aliphatic imine (C=N–C) groups is 1. The Hall–Kier alpha value is -0.610. The van der Waals surface area contributed by atoms with Crippen molar-refractivity contribution in [2.75, 3.05) is 47.0 Å². The van der Waals surface area contributed by atoms with Crippen LogP contribution in [0.15, 0.2) is 4.99 Å². The highest BCUT2D eigenvalue weighted by molar-refractivity contribution is 14.0. The maximum absolute atomic E-state index is 11.9. The Labute approximate surface area is 169 Å². The molecule has 1 fully saturated rings. The highest BCUT2D eigenvalue weighted by Crippen LogP contribution is 2.14. The predicted molar refractivity (Wildman–Crippen MR) is 112 cm³/mol. The average Bonchev–Trinajstić information content (AvgIpc) is 2.52. The fourth-order valence-corrected chi connectivity index (χ4v) is 2.64. The minimum absolute atomic E-state index is 0. The fourth-order valence-electron chi connectivity index (χ4n) is 2.64. The molecule has 7 nitrogen and oxygen atoms in total. The summed E-state index contributed by atoms with van der Waals surface area (Å²) in [5.41, 5.74) is -0.221. The molecular formula is C17H35IN4O3. The zero-order valence-corrected chi connectivity index (χ0v) is 18.6.